The van der Waals surface area contributed by atoms with Gasteiger partial charge in [0.1, 0.15) is 5.76 Å². The van der Waals surface area contributed by atoms with Gasteiger partial charge in [-0.15, -0.1) is 11.8 Å². The van der Waals surface area contributed by atoms with Crippen molar-refractivity contribution in [3.05, 3.63) is 54.0 Å². The van der Waals surface area contributed by atoms with E-state index in [9.17, 15) is 14.4 Å². The maximum atomic E-state index is 12.4. The second kappa shape index (κ2) is 11.3. The fourth-order valence-corrected chi connectivity index (χ4v) is 3.10. The summed E-state index contributed by atoms with van der Waals surface area (Å²) in [6.45, 7) is 5.84. The van der Waals surface area contributed by atoms with E-state index >= 15 is 0 Å². The van der Waals surface area contributed by atoms with Crippen LogP contribution in [0.25, 0.3) is 0 Å². The first-order valence-electron chi connectivity index (χ1n) is 9.34. The maximum absolute atomic E-state index is 12.4. The van der Waals surface area contributed by atoms with E-state index in [4.69, 9.17) is 9.15 Å². The first-order valence-corrected chi connectivity index (χ1v) is 10.3. The Kier molecular flexibility index (Phi) is 8.79. The smallest absolute Gasteiger partial charge is 0.339 e. The first kappa shape index (κ1) is 22.5. The van der Waals surface area contributed by atoms with Gasteiger partial charge in [0.05, 0.1) is 24.1 Å². The molecule has 1 heterocycles. The molecule has 7 nitrogen and oxygen atoms in total. The number of furan rings is 1. The summed E-state index contributed by atoms with van der Waals surface area (Å²) < 4.78 is 10.3. The van der Waals surface area contributed by atoms with Crippen molar-refractivity contribution in [3.8, 4) is 0 Å². The molecule has 1 aromatic carbocycles. The van der Waals surface area contributed by atoms with Gasteiger partial charge in [0, 0.05) is 10.9 Å². The number of benzene rings is 1. The summed E-state index contributed by atoms with van der Waals surface area (Å²) in [6.07, 6.45) is 1.54. The van der Waals surface area contributed by atoms with Crippen LogP contribution in [-0.2, 0) is 20.9 Å². The highest BCUT2D eigenvalue weighted by molar-refractivity contribution is 8.00. The Morgan fingerprint density at radius 1 is 1.07 bits per heavy atom. The van der Waals surface area contributed by atoms with Crippen molar-refractivity contribution in [2.45, 2.75) is 38.3 Å². The zero-order valence-corrected chi connectivity index (χ0v) is 17.6. The molecule has 156 valence electrons. The Bertz CT molecular complexity index is 820. The highest BCUT2D eigenvalue weighted by Crippen LogP contribution is 2.23. The van der Waals surface area contributed by atoms with Gasteiger partial charge in [-0.2, -0.15) is 0 Å². The molecule has 0 radical (unpaired) electrons. The van der Waals surface area contributed by atoms with Crippen LogP contribution in [0.2, 0.25) is 0 Å². The van der Waals surface area contributed by atoms with Gasteiger partial charge in [0.25, 0.3) is 5.91 Å². The second-order valence-electron chi connectivity index (χ2n) is 6.82. The van der Waals surface area contributed by atoms with Gasteiger partial charge in [0.2, 0.25) is 5.91 Å². The number of carbonyl (C=O) groups is 3. The number of rotatable bonds is 10. The largest absolute Gasteiger partial charge is 0.467 e. The molecule has 2 rings (SSSR count). The monoisotopic (exact) mass is 418 g/mol. The number of esters is 1. The van der Waals surface area contributed by atoms with Gasteiger partial charge in [-0.1, -0.05) is 26.0 Å². The van der Waals surface area contributed by atoms with Crippen LogP contribution in [0.5, 0.6) is 0 Å². The Balaban J connectivity index is 1.84. The molecule has 0 aliphatic rings. The lowest BCUT2D eigenvalue weighted by Crippen LogP contribution is -2.38. The molecule has 0 saturated heterocycles. The van der Waals surface area contributed by atoms with Gasteiger partial charge < -0.3 is 19.8 Å². The van der Waals surface area contributed by atoms with Gasteiger partial charge in [-0.25, -0.2) is 4.79 Å². The number of hydrogen-bond donors (Lipinski definition) is 2. The lowest BCUT2D eigenvalue weighted by atomic mass is 10.1. The van der Waals surface area contributed by atoms with Crippen LogP contribution in [0, 0.1) is 5.92 Å². The average molecular weight is 419 g/mol. The third kappa shape index (κ3) is 7.65. The standard InChI is InChI=1S/C21H26N2O5S/c1-14(2)15(3)23-19(24)12-28-21(26)17-8-4-5-9-18(17)29-13-20(25)22-11-16-7-6-10-27-16/h4-10,14-15H,11-13H2,1-3H3,(H,22,25)(H,23,24)/t15-/m0/s1. The highest BCUT2D eigenvalue weighted by atomic mass is 32.2. The summed E-state index contributed by atoms with van der Waals surface area (Å²) >= 11 is 1.23. The molecule has 2 aromatic rings. The van der Waals surface area contributed by atoms with E-state index in [2.05, 4.69) is 10.6 Å². The number of amides is 2. The summed E-state index contributed by atoms with van der Waals surface area (Å²) in [4.78, 5) is 36.9. The molecule has 0 unspecified atom stereocenters. The van der Waals surface area contributed by atoms with Crippen LogP contribution in [0.3, 0.4) is 0 Å². The molecule has 2 amide bonds. The first-order chi connectivity index (χ1) is 13.9. The van der Waals surface area contributed by atoms with E-state index in [0.717, 1.165) is 0 Å². The summed E-state index contributed by atoms with van der Waals surface area (Å²) in [6, 6.07) is 10.3. The zero-order chi connectivity index (χ0) is 21.2. The maximum Gasteiger partial charge on any atom is 0.339 e. The summed E-state index contributed by atoms with van der Waals surface area (Å²) in [5.41, 5.74) is 0.320. The van der Waals surface area contributed by atoms with Crippen LogP contribution in [0.1, 0.15) is 36.9 Å². The predicted molar refractivity (Wildman–Crippen MR) is 110 cm³/mol. The van der Waals surface area contributed by atoms with Crippen molar-refractivity contribution in [2.24, 2.45) is 5.92 Å². The van der Waals surface area contributed by atoms with Gasteiger partial charge >= 0.3 is 5.97 Å². The predicted octanol–water partition coefficient (Wildman–Crippen LogP) is 3.01. The molecule has 1 atom stereocenters. The Hall–Kier alpha value is -2.74. The van der Waals surface area contributed by atoms with Crippen LogP contribution in [-0.4, -0.2) is 36.2 Å². The number of hydrogen-bond acceptors (Lipinski definition) is 6. The highest BCUT2D eigenvalue weighted by Gasteiger charge is 2.17. The van der Waals surface area contributed by atoms with E-state index in [-0.39, 0.29) is 36.1 Å². The van der Waals surface area contributed by atoms with Crippen LogP contribution >= 0.6 is 11.8 Å². The average Bonchev–Trinajstić information content (AvgIpc) is 3.22. The van der Waals surface area contributed by atoms with Crippen molar-refractivity contribution in [1.82, 2.24) is 10.6 Å². The van der Waals surface area contributed by atoms with Crippen molar-refractivity contribution in [1.29, 1.82) is 0 Å². The lowest BCUT2D eigenvalue weighted by Gasteiger charge is -2.17. The molecular formula is C21H26N2O5S. The summed E-state index contributed by atoms with van der Waals surface area (Å²) in [5.74, 6) is -0.0460. The van der Waals surface area contributed by atoms with Crippen molar-refractivity contribution in [2.75, 3.05) is 12.4 Å². The topological polar surface area (TPSA) is 97.6 Å². The van der Waals surface area contributed by atoms with E-state index < -0.39 is 5.97 Å². The quantitative estimate of drug-likeness (QED) is 0.455. The van der Waals surface area contributed by atoms with Crippen LogP contribution in [0.4, 0.5) is 0 Å². The number of nitrogens with one attached hydrogen (secondary N) is 2. The minimum atomic E-state index is -0.601. The van der Waals surface area contributed by atoms with E-state index in [1.807, 2.05) is 20.8 Å². The van der Waals surface area contributed by atoms with Gasteiger partial charge in [-0.3, -0.25) is 9.59 Å². The fourth-order valence-electron chi connectivity index (χ4n) is 2.23. The SMILES string of the molecule is CC(C)[C@H](C)NC(=O)COC(=O)c1ccccc1SCC(=O)NCc1ccco1. The fraction of sp³-hybridized carbons (Fsp3) is 0.381. The molecule has 1 aromatic heterocycles. The molecular weight excluding hydrogens is 392 g/mol. The Labute approximate surface area is 174 Å². The molecule has 0 aliphatic heterocycles. The minimum absolute atomic E-state index is 0.0104. The van der Waals surface area contributed by atoms with Gasteiger partial charge in [0.15, 0.2) is 6.61 Å². The normalized spacial score (nSPS) is 11.7. The van der Waals surface area contributed by atoms with Crippen molar-refractivity contribution >= 4 is 29.5 Å². The molecule has 0 saturated carbocycles. The van der Waals surface area contributed by atoms with Crippen molar-refractivity contribution in [3.63, 3.8) is 0 Å². The Morgan fingerprint density at radius 2 is 1.83 bits per heavy atom. The van der Waals surface area contributed by atoms with E-state index in [1.165, 1.54) is 11.8 Å². The molecule has 29 heavy (non-hydrogen) atoms. The summed E-state index contributed by atoms with van der Waals surface area (Å²) in [5, 5.41) is 5.53. The van der Waals surface area contributed by atoms with E-state index in [1.54, 1.807) is 42.7 Å². The second-order valence-corrected chi connectivity index (χ2v) is 7.83. The minimum Gasteiger partial charge on any atom is -0.467 e. The van der Waals surface area contributed by atoms with Crippen LogP contribution < -0.4 is 10.6 Å². The zero-order valence-electron chi connectivity index (χ0n) is 16.8. The van der Waals surface area contributed by atoms with Crippen molar-refractivity contribution < 1.29 is 23.5 Å². The third-order valence-electron chi connectivity index (χ3n) is 4.23. The number of thioether (sulfide) groups is 1. The molecule has 2 N–H and O–H groups in total. The molecule has 0 aliphatic carbocycles. The lowest BCUT2D eigenvalue weighted by molar-refractivity contribution is -0.125. The Morgan fingerprint density at radius 3 is 2.52 bits per heavy atom. The number of carbonyl (C=O) groups excluding carboxylic acids is 3. The summed E-state index contributed by atoms with van der Waals surface area (Å²) in [7, 11) is 0. The molecule has 0 spiro atoms. The molecule has 8 heteroatoms. The van der Waals surface area contributed by atoms with E-state index in [0.29, 0.717) is 22.8 Å². The van der Waals surface area contributed by atoms with Crippen LogP contribution in [0.15, 0.2) is 52.0 Å². The van der Waals surface area contributed by atoms with Gasteiger partial charge in [-0.05, 0) is 37.1 Å². The number of ether oxygens (including phenoxy) is 1. The third-order valence-corrected chi connectivity index (χ3v) is 5.30. The molecule has 0 fully saturated rings. The molecule has 0 bridgehead atoms.